The van der Waals surface area contributed by atoms with E-state index in [4.69, 9.17) is 0 Å². The molecule has 0 saturated heterocycles. The number of hydrogen-bond acceptors (Lipinski definition) is 11. The molecule has 36 heavy (non-hydrogen) atoms. The number of hydrazone groups is 1. The summed E-state index contributed by atoms with van der Waals surface area (Å²) in [7, 11) is 1.70. The minimum atomic E-state index is 0.0833. The summed E-state index contributed by atoms with van der Waals surface area (Å²) in [5.74, 6) is 1.09. The van der Waals surface area contributed by atoms with Gasteiger partial charge in [0.25, 0.3) is 5.95 Å². The molecule has 0 atom stereocenters. The van der Waals surface area contributed by atoms with Crippen molar-refractivity contribution in [1.29, 1.82) is 10.5 Å². The molecule has 0 aliphatic rings. The highest BCUT2D eigenvalue weighted by molar-refractivity contribution is 5.76. The van der Waals surface area contributed by atoms with E-state index in [1.165, 1.54) is 22.9 Å². The van der Waals surface area contributed by atoms with E-state index in [2.05, 4.69) is 53.9 Å². The number of aryl methyl sites for hydroxylation is 1. The Morgan fingerprint density at radius 3 is 2.44 bits per heavy atom. The van der Waals surface area contributed by atoms with Crippen molar-refractivity contribution in [3.63, 3.8) is 0 Å². The average molecular weight is 480 g/mol. The standard InChI is InChI=1S/C25H25N11/c1-5-18-8-10-19(11-9-18)32-23-20(16-27)17(3)22(24(28-4)33-23)35-34-21(12-13-26)36(31-6-2)25-29-14-7-15-30-25/h6-12,14-15H,5H2,1-4H3,(H2,28,32,33)/b21-12+,31-6-,35-34?. The molecule has 3 aromatic rings. The fraction of sp³-hybridized carbons (Fsp3) is 0.200. The number of azo groups is 1. The van der Waals surface area contributed by atoms with Crippen LogP contribution in [0.2, 0.25) is 0 Å². The number of nitrogens with one attached hydrogen (secondary N) is 2. The summed E-state index contributed by atoms with van der Waals surface area (Å²) in [6.07, 6.45) is 6.73. The minimum Gasteiger partial charge on any atom is -0.371 e. The molecule has 11 heteroatoms. The van der Waals surface area contributed by atoms with Gasteiger partial charge in [-0.3, -0.25) is 0 Å². The number of aromatic nitrogens is 3. The van der Waals surface area contributed by atoms with Crippen LogP contribution in [-0.4, -0.2) is 28.2 Å². The van der Waals surface area contributed by atoms with Gasteiger partial charge in [0.05, 0.1) is 17.7 Å². The van der Waals surface area contributed by atoms with Crippen LogP contribution in [0.25, 0.3) is 0 Å². The van der Waals surface area contributed by atoms with E-state index in [1.54, 1.807) is 39.4 Å². The number of rotatable bonds is 9. The van der Waals surface area contributed by atoms with Gasteiger partial charge in [-0.05, 0) is 44.0 Å². The Hall–Kier alpha value is -5.16. The van der Waals surface area contributed by atoms with Crippen LogP contribution in [0.5, 0.6) is 0 Å². The summed E-state index contributed by atoms with van der Waals surface area (Å²) >= 11 is 0. The molecular weight excluding hydrogens is 454 g/mol. The second kappa shape index (κ2) is 12.3. The maximum atomic E-state index is 9.89. The molecule has 2 heterocycles. The smallest absolute Gasteiger partial charge is 0.252 e. The fourth-order valence-electron chi connectivity index (χ4n) is 3.20. The van der Waals surface area contributed by atoms with Crippen LogP contribution in [0.4, 0.5) is 29.0 Å². The van der Waals surface area contributed by atoms with Gasteiger partial charge in [0, 0.05) is 36.9 Å². The zero-order valence-electron chi connectivity index (χ0n) is 20.4. The lowest BCUT2D eigenvalue weighted by atomic mass is 10.1. The first-order valence-corrected chi connectivity index (χ1v) is 11.1. The Morgan fingerprint density at radius 2 is 1.86 bits per heavy atom. The van der Waals surface area contributed by atoms with Crippen LogP contribution in [0.1, 0.15) is 30.5 Å². The maximum absolute atomic E-state index is 9.89. The van der Waals surface area contributed by atoms with Gasteiger partial charge in [-0.1, -0.05) is 19.1 Å². The molecule has 0 aliphatic carbocycles. The summed E-state index contributed by atoms with van der Waals surface area (Å²) < 4.78 is 0. The molecule has 3 rings (SSSR count). The van der Waals surface area contributed by atoms with Gasteiger partial charge in [0.1, 0.15) is 11.8 Å². The van der Waals surface area contributed by atoms with Gasteiger partial charge in [-0.2, -0.15) is 20.6 Å². The van der Waals surface area contributed by atoms with Gasteiger partial charge in [-0.25, -0.2) is 15.0 Å². The van der Waals surface area contributed by atoms with E-state index in [0.29, 0.717) is 28.5 Å². The molecule has 11 nitrogen and oxygen atoms in total. The lowest BCUT2D eigenvalue weighted by Gasteiger charge is -2.16. The van der Waals surface area contributed by atoms with Crippen LogP contribution in [0, 0.1) is 29.6 Å². The number of pyridine rings is 1. The first-order chi connectivity index (χ1) is 17.6. The Morgan fingerprint density at radius 1 is 1.14 bits per heavy atom. The van der Waals surface area contributed by atoms with E-state index >= 15 is 0 Å². The summed E-state index contributed by atoms with van der Waals surface area (Å²) in [5, 5.41) is 39.5. The normalized spacial score (nSPS) is 11.3. The number of anilines is 4. The second-order valence-corrected chi connectivity index (χ2v) is 7.26. The Bertz CT molecular complexity index is 1360. The van der Waals surface area contributed by atoms with Crippen molar-refractivity contribution in [3.05, 3.63) is 71.3 Å². The SMILES string of the molecule is C/C=N\N(/C(=C/C#N)N=Nc1c(NC)nc(Nc2ccc(CC)cc2)c(C#N)c1C)c1ncccn1. The lowest BCUT2D eigenvalue weighted by Crippen LogP contribution is -2.17. The van der Waals surface area contributed by atoms with Crippen LogP contribution in [0.15, 0.2) is 70.0 Å². The zero-order valence-corrected chi connectivity index (χ0v) is 20.4. The van der Waals surface area contributed by atoms with Gasteiger partial charge in [0.2, 0.25) is 0 Å². The molecule has 0 bridgehead atoms. The Balaban J connectivity index is 2.03. The molecule has 0 aliphatic heterocycles. The molecule has 2 N–H and O–H groups in total. The molecule has 0 fully saturated rings. The van der Waals surface area contributed by atoms with Crippen molar-refractivity contribution >= 4 is 35.2 Å². The quantitative estimate of drug-likeness (QED) is 0.180. The van der Waals surface area contributed by atoms with Crippen molar-refractivity contribution in [2.24, 2.45) is 15.3 Å². The lowest BCUT2D eigenvalue weighted by molar-refractivity contribution is 0.886. The molecule has 0 amide bonds. The molecule has 0 spiro atoms. The summed E-state index contributed by atoms with van der Waals surface area (Å²) in [6.45, 7) is 5.56. The number of benzene rings is 1. The van der Waals surface area contributed by atoms with Crippen molar-refractivity contribution in [3.8, 4) is 12.1 Å². The third kappa shape index (κ3) is 5.85. The first-order valence-electron chi connectivity index (χ1n) is 11.1. The summed E-state index contributed by atoms with van der Waals surface area (Å²) in [6, 6.07) is 13.7. The van der Waals surface area contributed by atoms with Crippen molar-refractivity contribution in [1.82, 2.24) is 15.0 Å². The van der Waals surface area contributed by atoms with Gasteiger partial charge < -0.3 is 10.6 Å². The maximum Gasteiger partial charge on any atom is 0.252 e. The van der Waals surface area contributed by atoms with Crippen molar-refractivity contribution < 1.29 is 0 Å². The third-order valence-electron chi connectivity index (χ3n) is 5.02. The molecule has 0 radical (unpaired) electrons. The van der Waals surface area contributed by atoms with E-state index in [9.17, 15) is 10.5 Å². The molecular formula is C25H25N11. The monoisotopic (exact) mass is 479 g/mol. The van der Waals surface area contributed by atoms with Crippen molar-refractivity contribution in [2.45, 2.75) is 27.2 Å². The Kier molecular flexibility index (Phi) is 8.73. The van der Waals surface area contributed by atoms with Crippen LogP contribution >= 0.6 is 0 Å². The fourth-order valence-corrected chi connectivity index (χ4v) is 3.20. The Labute approximate surface area is 209 Å². The zero-order chi connectivity index (χ0) is 25.9. The molecule has 1 aromatic carbocycles. The predicted molar refractivity (Wildman–Crippen MR) is 139 cm³/mol. The van der Waals surface area contributed by atoms with E-state index in [-0.39, 0.29) is 11.8 Å². The number of allylic oxidation sites excluding steroid dienone is 1. The highest BCUT2D eigenvalue weighted by Crippen LogP contribution is 2.35. The minimum absolute atomic E-state index is 0.0833. The highest BCUT2D eigenvalue weighted by atomic mass is 15.5. The van der Waals surface area contributed by atoms with E-state index < -0.39 is 0 Å². The molecule has 0 unspecified atom stereocenters. The average Bonchev–Trinajstić information content (AvgIpc) is 2.91. The first kappa shape index (κ1) is 25.5. The topological polar surface area (TPSA) is 151 Å². The summed E-state index contributed by atoms with van der Waals surface area (Å²) in [4.78, 5) is 12.9. The largest absolute Gasteiger partial charge is 0.371 e. The van der Waals surface area contributed by atoms with Gasteiger partial charge in [0.15, 0.2) is 17.5 Å². The van der Waals surface area contributed by atoms with Gasteiger partial charge >= 0.3 is 0 Å². The molecule has 2 aromatic heterocycles. The number of nitrogens with zero attached hydrogens (tertiary/aromatic N) is 9. The third-order valence-corrected chi connectivity index (χ3v) is 5.02. The highest BCUT2D eigenvalue weighted by Gasteiger charge is 2.18. The predicted octanol–water partition coefficient (Wildman–Crippen LogP) is 5.36. The molecule has 0 saturated carbocycles. The summed E-state index contributed by atoms with van der Waals surface area (Å²) in [5.41, 5.74) is 3.25. The van der Waals surface area contributed by atoms with E-state index in [1.807, 2.05) is 30.3 Å². The van der Waals surface area contributed by atoms with Crippen LogP contribution in [-0.2, 0) is 6.42 Å². The van der Waals surface area contributed by atoms with Crippen LogP contribution in [0.3, 0.4) is 0 Å². The van der Waals surface area contributed by atoms with E-state index in [0.717, 1.165) is 12.1 Å². The van der Waals surface area contributed by atoms with Crippen LogP contribution < -0.4 is 15.6 Å². The number of nitriles is 2. The molecule has 180 valence electrons. The number of hydrogen-bond donors (Lipinski definition) is 2. The second-order valence-electron chi connectivity index (χ2n) is 7.26. The van der Waals surface area contributed by atoms with Gasteiger partial charge in [-0.15, -0.1) is 10.2 Å². The van der Waals surface area contributed by atoms with Crippen molar-refractivity contribution in [2.75, 3.05) is 22.7 Å².